The van der Waals surface area contributed by atoms with Crippen LogP contribution in [0.2, 0.25) is 0 Å². The Kier molecular flexibility index (Phi) is 5.29. The second-order valence-corrected chi connectivity index (χ2v) is 8.94. The van der Waals surface area contributed by atoms with Gasteiger partial charge in [-0.15, -0.1) is 0 Å². The number of nitrogens with two attached hydrogens (primary N) is 1. The van der Waals surface area contributed by atoms with Gasteiger partial charge in [0.05, 0.1) is 17.6 Å². The number of benzene rings is 1. The number of phenols is 1. The number of Topliss-reactive ketones (excluding diaryl/α,β-unsaturated/α-hetero) is 4. The number of amides is 1. The number of phenolic OH excluding ortho intramolecular Hbond substituents is 1. The SMILES string of the molecule is C[C@H]1c2ccc(C=CC(=O)O)c(O)c2C(=O)C2C(=O)[C@]3(O)C(=O)C(C(N)=O)C(=O)C[C@@H]3[C@@H](O)[C@@H]21. The third kappa shape index (κ3) is 2.97. The molecule has 1 aromatic rings. The average Bonchev–Trinajstić information content (AvgIpc) is 2.75. The molecule has 2 saturated carbocycles. The normalized spacial score (nSPS) is 35.0. The highest BCUT2D eigenvalue weighted by molar-refractivity contribution is 6.31. The van der Waals surface area contributed by atoms with Gasteiger partial charge in [-0.25, -0.2) is 4.79 Å². The van der Waals surface area contributed by atoms with Gasteiger partial charge in [0.1, 0.15) is 5.75 Å². The minimum absolute atomic E-state index is 0.0197. The molecule has 0 saturated heterocycles. The maximum absolute atomic E-state index is 13.5. The number of hydrogen-bond donors (Lipinski definition) is 5. The summed E-state index contributed by atoms with van der Waals surface area (Å²) in [7, 11) is 0. The summed E-state index contributed by atoms with van der Waals surface area (Å²) in [6, 6.07) is 2.82. The predicted molar refractivity (Wildman–Crippen MR) is 111 cm³/mol. The van der Waals surface area contributed by atoms with Gasteiger partial charge in [-0.2, -0.15) is 0 Å². The predicted octanol–water partition coefficient (Wildman–Crippen LogP) is -1.04. The van der Waals surface area contributed by atoms with E-state index in [2.05, 4.69) is 0 Å². The van der Waals surface area contributed by atoms with Crippen molar-refractivity contribution in [3.63, 3.8) is 0 Å². The van der Waals surface area contributed by atoms with E-state index in [-0.39, 0.29) is 16.7 Å². The number of primary amides is 1. The van der Waals surface area contributed by atoms with E-state index < -0.39 is 88.5 Å². The molecule has 4 rings (SSSR count). The van der Waals surface area contributed by atoms with E-state index in [1.807, 2.05) is 0 Å². The van der Waals surface area contributed by atoms with Crippen LogP contribution in [-0.4, -0.2) is 67.1 Å². The molecule has 1 aromatic carbocycles. The van der Waals surface area contributed by atoms with E-state index in [4.69, 9.17) is 10.8 Å². The molecule has 1 amide bonds. The monoisotopic (exact) mass is 471 g/mol. The lowest BCUT2D eigenvalue weighted by atomic mass is 9.50. The molecule has 0 heterocycles. The standard InChI is InChI=1S/C23H21NO10/c1-7-9-4-2-8(3-5-12(26)27)17(28)14(9)19(30)16-13(7)18(29)10-6-11(25)15(22(24)33)20(31)23(10,34)21(16)32/h2-5,7,10,13,15-16,18,28-29,34H,6H2,1H3,(H2,24,33)(H,26,27)/t7-,10+,13+,15?,16?,18+,23+/m0/s1. The van der Waals surface area contributed by atoms with Crippen LogP contribution >= 0.6 is 0 Å². The first kappa shape index (κ1) is 23.5. The van der Waals surface area contributed by atoms with Crippen LogP contribution in [0, 0.1) is 23.7 Å². The molecular formula is C23H21NO10. The van der Waals surface area contributed by atoms with Crippen LogP contribution < -0.4 is 5.73 Å². The highest BCUT2D eigenvalue weighted by Gasteiger charge is 2.69. The first-order valence-electron chi connectivity index (χ1n) is 10.5. The number of aliphatic hydroxyl groups excluding tert-OH is 1. The van der Waals surface area contributed by atoms with Gasteiger partial charge < -0.3 is 26.2 Å². The summed E-state index contributed by atoms with van der Waals surface area (Å²) in [6.07, 6.45) is -0.512. The maximum Gasteiger partial charge on any atom is 0.328 e. The Morgan fingerprint density at radius 1 is 1.15 bits per heavy atom. The number of rotatable bonds is 3. The number of fused-ring (bicyclic) bond motifs is 3. The molecule has 178 valence electrons. The number of carboxylic acids is 1. The van der Waals surface area contributed by atoms with E-state index in [0.29, 0.717) is 0 Å². The fourth-order valence-electron chi connectivity index (χ4n) is 5.67. The van der Waals surface area contributed by atoms with Gasteiger partial charge in [-0.3, -0.25) is 24.0 Å². The lowest BCUT2D eigenvalue weighted by Gasteiger charge is -2.52. The van der Waals surface area contributed by atoms with Crippen LogP contribution in [0.25, 0.3) is 6.08 Å². The summed E-state index contributed by atoms with van der Waals surface area (Å²) in [6.45, 7) is 1.58. The van der Waals surface area contributed by atoms with E-state index in [1.54, 1.807) is 6.92 Å². The number of aliphatic carboxylic acids is 1. The Morgan fingerprint density at radius 2 is 1.79 bits per heavy atom. The molecule has 0 aromatic heterocycles. The van der Waals surface area contributed by atoms with E-state index in [0.717, 1.165) is 12.2 Å². The number of carboxylic acid groups (broad SMARTS) is 1. The fraction of sp³-hybridized carbons (Fsp3) is 0.391. The molecule has 6 N–H and O–H groups in total. The van der Waals surface area contributed by atoms with Crippen molar-refractivity contribution in [1.29, 1.82) is 0 Å². The number of carbonyl (C=O) groups excluding carboxylic acids is 5. The van der Waals surface area contributed by atoms with E-state index in [1.165, 1.54) is 12.1 Å². The van der Waals surface area contributed by atoms with Gasteiger partial charge in [0.25, 0.3) is 0 Å². The van der Waals surface area contributed by atoms with E-state index in [9.17, 15) is 44.1 Å². The topological polar surface area (TPSA) is 209 Å². The molecular weight excluding hydrogens is 450 g/mol. The minimum Gasteiger partial charge on any atom is -0.507 e. The quantitative estimate of drug-likeness (QED) is 0.267. The maximum atomic E-state index is 13.5. The summed E-state index contributed by atoms with van der Waals surface area (Å²) >= 11 is 0. The molecule has 11 heteroatoms. The summed E-state index contributed by atoms with van der Waals surface area (Å²) in [5.41, 5.74) is 2.10. The van der Waals surface area contributed by atoms with Crippen LogP contribution in [-0.2, 0) is 24.0 Å². The number of aliphatic hydroxyl groups is 2. The zero-order valence-corrected chi connectivity index (χ0v) is 17.8. The number of aromatic hydroxyl groups is 1. The lowest BCUT2D eigenvalue weighted by molar-refractivity contribution is -0.189. The summed E-state index contributed by atoms with van der Waals surface area (Å²) in [4.78, 5) is 74.8. The molecule has 34 heavy (non-hydrogen) atoms. The second kappa shape index (κ2) is 7.67. The van der Waals surface area contributed by atoms with Crippen molar-refractivity contribution in [2.24, 2.45) is 29.4 Å². The minimum atomic E-state index is -2.99. The Labute approximate surface area is 191 Å². The molecule has 7 atom stereocenters. The lowest BCUT2D eigenvalue weighted by Crippen LogP contribution is -2.72. The van der Waals surface area contributed by atoms with Crippen molar-refractivity contribution in [3.05, 3.63) is 34.9 Å². The Morgan fingerprint density at radius 3 is 2.38 bits per heavy atom. The zero-order chi connectivity index (χ0) is 25.3. The number of carbonyl (C=O) groups is 6. The van der Waals surface area contributed by atoms with Gasteiger partial charge in [0, 0.05) is 29.9 Å². The van der Waals surface area contributed by atoms with Gasteiger partial charge in [-0.1, -0.05) is 19.1 Å². The second-order valence-electron chi connectivity index (χ2n) is 8.94. The highest BCUT2D eigenvalue weighted by atomic mass is 16.4. The van der Waals surface area contributed by atoms with Crippen molar-refractivity contribution < 1.29 is 49.2 Å². The van der Waals surface area contributed by atoms with Gasteiger partial charge in [0.2, 0.25) is 5.91 Å². The number of ketones is 4. The van der Waals surface area contributed by atoms with Crippen LogP contribution in [0.15, 0.2) is 18.2 Å². The molecule has 0 radical (unpaired) electrons. The summed E-state index contributed by atoms with van der Waals surface area (Å²) in [5.74, 6) is -15.2. The van der Waals surface area contributed by atoms with Crippen molar-refractivity contribution in [2.75, 3.05) is 0 Å². The van der Waals surface area contributed by atoms with Gasteiger partial charge in [0.15, 0.2) is 34.7 Å². The molecule has 3 aliphatic carbocycles. The Hall–Kier alpha value is -3.70. The van der Waals surface area contributed by atoms with Crippen molar-refractivity contribution in [2.45, 2.75) is 31.0 Å². The largest absolute Gasteiger partial charge is 0.507 e. The van der Waals surface area contributed by atoms with Crippen LogP contribution in [0.5, 0.6) is 5.75 Å². The first-order valence-corrected chi connectivity index (χ1v) is 10.5. The van der Waals surface area contributed by atoms with Crippen LogP contribution in [0.3, 0.4) is 0 Å². The molecule has 11 nitrogen and oxygen atoms in total. The molecule has 0 spiro atoms. The smallest absolute Gasteiger partial charge is 0.328 e. The molecule has 2 unspecified atom stereocenters. The zero-order valence-electron chi connectivity index (χ0n) is 17.8. The summed E-state index contributed by atoms with van der Waals surface area (Å²) < 4.78 is 0. The fourth-order valence-corrected chi connectivity index (χ4v) is 5.67. The third-order valence-electron chi connectivity index (χ3n) is 7.30. The Balaban J connectivity index is 1.87. The van der Waals surface area contributed by atoms with Crippen molar-refractivity contribution in [1.82, 2.24) is 0 Å². The molecule has 2 fully saturated rings. The third-order valence-corrected chi connectivity index (χ3v) is 7.30. The van der Waals surface area contributed by atoms with Crippen molar-refractivity contribution in [3.8, 4) is 5.75 Å². The first-order chi connectivity index (χ1) is 15.8. The van der Waals surface area contributed by atoms with Gasteiger partial charge >= 0.3 is 5.97 Å². The number of hydrogen-bond acceptors (Lipinski definition) is 9. The summed E-state index contributed by atoms with van der Waals surface area (Å²) in [5, 5.41) is 41.8. The molecule has 0 aliphatic heterocycles. The average molecular weight is 471 g/mol. The highest BCUT2D eigenvalue weighted by Crippen LogP contribution is 2.54. The van der Waals surface area contributed by atoms with Crippen molar-refractivity contribution >= 4 is 41.1 Å². The van der Waals surface area contributed by atoms with E-state index >= 15 is 0 Å². The Bertz CT molecular complexity index is 1220. The molecule has 3 aliphatic rings. The van der Waals surface area contributed by atoms with Crippen LogP contribution in [0.4, 0.5) is 0 Å². The van der Waals surface area contributed by atoms with Crippen LogP contribution in [0.1, 0.15) is 40.7 Å². The van der Waals surface area contributed by atoms with Gasteiger partial charge in [-0.05, 0) is 17.6 Å². The molecule has 0 bridgehead atoms.